The molecular weight excluding hydrogens is 332 g/mol. The van der Waals surface area contributed by atoms with Crippen LogP contribution in [0.5, 0.6) is 5.75 Å². The largest absolute Gasteiger partial charge is 0.497 e. The van der Waals surface area contributed by atoms with E-state index in [2.05, 4.69) is 21.0 Å². The molecule has 0 bridgehead atoms. The van der Waals surface area contributed by atoms with Crippen LogP contribution >= 0.6 is 27.5 Å². The summed E-state index contributed by atoms with van der Waals surface area (Å²) in [4.78, 5) is 12.6. The van der Waals surface area contributed by atoms with E-state index in [4.69, 9.17) is 16.3 Å². The summed E-state index contributed by atoms with van der Waals surface area (Å²) in [6, 6.07) is 5.22. The van der Waals surface area contributed by atoms with E-state index < -0.39 is 0 Å². The standard InChI is InChI=1S/C13H12BrClN2O2/c1-3-17-12(11(15)7-16-17)13(18)9-6-8(19-2)4-5-10(9)14/h4-7H,3H2,1-2H3. The average molecular weight is 344 g/mol. The van der Waals surface area contributed by atoms with Crippen LogP contribution < -0.4 is 4.74 Å². The van der Waals surface area contributed by atoms with Gasteiger partial charge in [0.1, 0.15) is 11.4 Å². The van der Waals surface area contributed by atoms with E-state index >= 15 is 0 Å². The van der Waals surface area contributed by atoms with E-state index in [0.29, 0.717) is 33.0 Å². The Kier molecular flexibility index (Phi) is 4.27. The summed E-state index contributed by atoms with van der Waals surface area (Å²) in [7, 11) is 1.56. The fraction of sp³-hybridized carbons (Fsp3) is 0.231. The van der Waals surface area contributed by atoms with Gasteiger partial charge in [0.2, 0.25) is 5.78 Å². The lowest BCUT2D eigenvalue weighted by atomic mass is 10.1. The predicted octanol–water partition coefficient (Wildman–Crippen LogP) is 3.56. The lowest BCUT2D eigenvalue weighted by Crippen LogP contribution is -2.11. The van der Waals surface area contributed by atoms with Crippen molar-refractivity contribution < 1.29 is 9.53 Å². The van der Waals surface area contributed by atoms with Crippen LogP contribution in [0.3, 0.4) is 0 Å². The van der Waals surface area contributed by atoms with Gasteiger partial charge in [0.05, 0.1) is 18.3 Å². The number of ether oxygens (including phenoxy) is 1. The highest BCUT2D eigenvalue weighted by molar-refractivity contribution is 9.10. The first-order valence-corrected chi connectivity index (χ1v) is 6.85. The summed E-state index contributed by atoms with van der Waals surface area (Å²) in [5, 5.41) is 4.42. The maximum atomic E-state index is 12.6. The highest BCUT2D eigenvalue weighted by atomic mass is 79.9. The van der Waals surface area contributed by atoms with Gasteiger partial charge in [-0.15, -0.1) is 0 Å². The molecule has 0 saturated heterocycles. The first-order chi connectivity index (χ1) is 9.08. The SMILES string of the molecule is CCn1ncc(Cl)c1C(=O)c1cc(OC)ccc1Br. The molecule has 1 aromatic carbocycles. The first kappa shape index (κ1) is 14.1. The topological polar surface area (TPSA) is 44.1 Å². The second-order valence-electron chi connectivity index (χ2n) is 3.83. The third-order valence-electron chi connectivity index (χ3n) is 2.73. The second-order valence-corrected chi connectivity index (χ2v) is 5.09. The van der Waals surface area contributed by atoms with Crippen molar-refractivity contribution >= 4 is 33.3 Å². The number of ketones is 1. The van der Waals surface area contributed by atoms with Crippen LogP contribution in [0.25, 0.3) is 0 Å². The zero-order valence-corrected chi connectivity index (χ0v) is 12.8. The Bertz CT molecular complexity index is 625. The minimum atomic E-state index is -0.185. The van der Waals surface area contributed by atoms with Crippen molar-refractivity contribution in [3.05, 3.63) is 45.1 Å². The third-order valence-corrected chi connectivity index (χ3v) is 3.70. The Morgan fingerprint density at radius 1 is 1.53 bits per heavy atom. The van der Waals surface area contributed by atoms with Crippen molar-refractivity contribution in [1.29, 1.82) is 0 Å². The van der Waals surface area contributed by atoms with Gasteiger partial charge < -0.3 is 4.74 Å². The number of benzene rings is 1. The lowest BCUT2D eigenvalue weighted by molar-refractivity contribution is 0.102. The molecular formula is C13H12BrClN2O2. The Morgan fingerprint density at radius 3 is 2.89 bits per heavy atom. The van der Waals surface area contributed by atoms with E-state index in [-0.39, 0.29) is 5.78 Å². The number of rotatable bonds is 4. The molecule has 2 aromatic rings. The summed E-state index contributed by atoms with van der Waals surface area (Å²) >= 11 is 9.41. The van der Waals surface area contributed by atoms with E-state index in [1.54, 1.807) is 30.0 Å². The summed E-state index contributed by atoms with van der Waals surface area (Å²) in [6.45, 7) is 2.48. The van der Waals surface area contributed by atoms with Crippen LogP contribution in [-0.4, -0.2) is 22.7 Å². The van der Waals surface area contributed by atoms with Crippen LogP contribution in [0.1, 0.15) is 23.0 Å². The summed E-state index contributed by atoms with van der Waals surface area (Å²) in [5.41, 5.74) is 0.884. The van der Waals surface area contributed by atoms with Crippen LogP contribution in [0, 0.1) is 0 Å². The molecule has 0 aliphatic heterocycles. The number of nitrogens with zero attached hydrogens (tertiary/aromatic N) is 2. The normalized spacial score (nSPS) is 10.5. The summed E-state index contributed by atoms with van der Waals surface area (Å²) in [6.07, 6.45) is 1.48. The number of carbonyl (C=O) groups excluding carboxylic acids is 1. The van der Waals surface area contributed by atoms with Crippen LogP contribution in [0.15, 0.2) is 28.9 Å². The van der Waals surface area contributed by atoms with Gasteiger partial charge in [-0.3, -0.25) is 9.48 Å². The molecule has 1 aromatic heterocycles. The number of aryl methyl sites for hydroxylation is 1. The molecule has 0 saturated carbocycles. The average Bonchev–Trinajstić information content (AvgIpc) is 2.79. The van der Waals surface area contributed by atoms with Gasteiger partial charge in [-0.25, -0.2) is 0 Å². The van der Waals surface area contributed by atoms with E-state index in [1.165, 1.54) is 6.20 Å². The van der Waals surface area contributed by atoms with Gasteiger partial charge in [-0.1, -0.05) is 27.5 Å². The van der Waals surface area contributed by atoms with Gasteiger partial charge >= 0.3 is 0 Å². The van der Waals surface area contributed by atoms with E-state index in [9.17, 15) is 4.79 Å². The van der Waals surface area contributed by atoms with Crippen molar-refractivity contribution in [3.8, 4) is 5.75 Å². The lowest BCUT2D eigenvalue weighted by Gasteiger charge is -2.08. The molecule has 0 spiro atoms. The smallest absolute Gasteiger partial charge is 0.213 e. The maximum absolute atomic E-state index is 12.6. The van der Waals surface area contributed by atoms with Crippen LogP contribution in [0.4, 0.5) is 0 Å². The van der Waals surface area contributed by atoms with Crippen molar-refractivity contribution in [2.75, 3.05) is 7.11 Å². The molecule has 2 rings (SSSR count). The Labute approximate surface area is 124 Å². The molecule has 0 atom stereocenters. The number of hydrogen-bond acceptors (Lipinski definition) is 3. The molecule has 19 heavy (non-hydrogen) atoms. The molecule has 0 aliphatic rings. The van der Waals surface area contributed by atoms with Crippen molar-refractivity contribution in [2.45, 2.75) is 13.5 Å². The van der Waals surface area contributed by atoms with Crippen molar-refractivity contribution in [2.24, 2.45) is 0 Å². The number of carbonyl (C=O) groups is 1. The van der Waals surface area contributed by atoms with Gasteiger partial charge in [-0.05, 0) is 25.1 Å². The number of methoxy groups -OCH3 is 1. The quantitative estimate of drug-likeness (QED) is 0.797. The van der Waals surface area contributed by atoms with Gasteiger partial charge in [-0.2, -0.15) is 5.10 Å². The van der Waals surface area contributed by atoms with Gasteiger partial charge in [0.15, 0.2) is 0 Å². The molecule has 0 unspecified atom stereocenters. The number of hydrogen-bond donors (Lipinski definition) is 0. The third kappa shape index (κ3) is 2.67. The fourth-order valence-corrected chi connectivity index (χ4v) is 2.41. The monoisotopic (exact) mass is 342 g/mol. The highest BCUT2D eigenvalue weighted by Gasteiger charge is 2.21. The Morgan fingerprint density at radius 2 is 2.26 bits per heavy atom. The minimum Gasteiger partial charge on any atom is -0.497 e. The van der Waals surface area contributed by atoms with Crippen molar-refractivity contribution in [1.82, 2.24) is 9.78 Å². The van der Waals surface area contributed by atoms with Crippen LogP contribution in [0.2, 0.25) is 5.02 Å². The van der Waals surface area contributed by atoms with Crippen molar-refractivity contribution in [3.63, 3.8) is 0 Å². The molecule has 0 amide bonds. The first-order valence-electron chi connectivity index (χ1n) is 5.68. The summed E-state index contributed by atoms with van der Waals surface area (Å²) in [5.74, 6) is 0.431. The Hall–Kier alpha value is -1.33. The van der Waals surface area contributed by atoms with E-state index in [0.717, 1.165) is 0 Å². The van der Waals surface area contributed by atoms with Gasteiger partial charge in [0.25, 0.3) is 0 Å². The highest BCUT2D eigenvalue weighted by Crippen LogP contribution is 2.27. The molecule has 6 heteroatoms. The predicted molar refractivity (Wildman–Crippen MR) is 77.0 cm³/mol. The minimum absolute atomic E-state index is 0.185. The number of aromatic nitrogens is 2. The zero-order chi connectivity index (χ0) is 14.0. The Balaban J connectivity index is 2.52. The second kappa shape index (κ2) is 5.75. The molecule has 0 aliphatic carbocycles. The van der Waals surface area contributed by atoms with E-state index in [1.807, 2.05) is 6.92 Å². The molecule has 4 nitrogen and oxygen atoms in total. The number of halogens is 2. The molecule has 0 fully saturated rings. The molecule has 1 heterocycles. The fourth-order valence-electron chi connectivity index (χ4n) is 1.76. The molecule has 0 radical (unpaired) electrons. The van der Waals surface area contributed by atoms with Gasteiger partial charge in [0, 0.05) is 16.6 Å². The maximum Gasteiger partial charge on any atom is 0.213 e. The van der Waals surface area contributed by atoms with Crippen LogP contribution in [-0.2, 0) is 6.54 Å². The zero-order valence-electron chi connectivity index (χ0n) is 10.5. The molecule has 0 N–H and O–H groups in total. The summed E-state index contributed by atoms with van der Waals surface area (Å²) < 4.78 is 7.41. The molecule has 100 valence electrons.